The van der Waals surface area contributed by atoms with E-state index in [2.05, 4.69) is 15.3 Å². The van der Waals surface area contributed by atoms with Crippen molar-refractivity contribution in [1.29, 1.82) is 0 Å². The quantitative estimate of drug-likeness (QED) is 0.650. The minimum absolute atomic E-state index is 0.0968. The zero-order valence-corrected chi connectivity index (χ0v) is 15.0. The first kappa shape index (κ1) is 18.3. The van der Waals surface area contributed by atoms with Crippen molar-refractivity contribution in [3.8, 4) is 0 Å². The third kappa shape index (κ3) is 3.81. The Bertz CT molecular complexity index is 948. The number of carbonyl (C=O) groups is 1. The Morgan fingerprint density at radius 3 is 2.61 bits per heavy atom. The molecule has 1 unspecified atom stereocenters. The fraction of sp³-hybridized carbons (Fsp3) is 0.300. The molecule has 2 N–H and O–H groups in total. The van der Waals surface area contributed by atoms with Gasteiger partial charge < -0.3 is 15.2 Å². The summed E-state index contributed by atoms with van der Waals surface area (Å²) in [5, 5.41) is 2.68. The SMILES string of the molecule is O=C(Nc1ccc(C(F)(F)F)cc1)N1CCCC(c2nc3ccccc3[nH]2)C1. The number of amides is 2. The van der Waals surface area contributed by atoms with E-state index in [1.54, 1.807) is 4.90 Å². The Hall–Kier alpha value is -3.03. The summed E-state index contributed by atoms with van der Waals surface area (Å²) in [5.41, 5.74) is 1.45. The minimum atomic E-state index is -4.39. The highest BCUT2D eigenvalue weighted by atomic mass is 19.4. The van der Waals surface area contributed by atoms with Crippen LogP contribution in [0.1, 0.15) is 30.1 Å². The molecular weight excluding hydrogens is 369 g/mol. The number of rotatable bonds is 2. The van der Waals surface area contributed by atoms with E-state index in [-0.39, 0.29) is 11.9 Å². The molecule has 8 heteroatoms. The van der Waals surface area contributed by atoms with Gasteiger partial charge in [-0.25, -0.2) is 9.78 Å². The maximum Gasteiger partial charge on any atom is 0.416 e. The van der Waals surface area contributed by atoms with Gasteiger partial charge in [0.2, 0.25) is 0 Å². The first-order valence-electron chi connectivity index (χ1n) is 9.08. The minimum Gasteiger partial charge on any atom is -0.342 e. The molecule has 2 amide bonds. The second-order valence-electron chi connectivity index (χ2n) is 6.93. The summed E-state index contributed by atoms with van der Waals surface area (Å²) in [6, 6.07) is 11.9. The molecular formula is C20H19F3N4O. The van der Waals surface area contributed by atoms with Gasteiger partial charge in [-0.3, -0.25) is 0 Å². The molecule has 0 saturated carbocycles. The fourth-order valence-corrected chi connectivity index (χ4v) is 3.50. The van der Waals surface area contributed by atoms with Gasteiger partial charge in [-0.1, -0.05) is 12.1 Å². The summed E-state index contributed by atoms with van der Waals surface area (Å²) < 4.78 is 37.9. The van der Waals surface area contributed by atoms with Crippen LogP contribution >= 0.6 is 0 Å². The van der Waals surface area contributed by atoms with Gasteiger partial charge in [-0.2, -0.15) is 13.2 Å². The number of aromatic nitrogens is 2. The molecule has 3 aromatic rings. The molecule has 4 rings (SSSR count). The Morgan fingerprint density at radius 2 is 1.89 bits per heavy atom. The molecule has 0 spiro atoms. The monoisotopic (exact) mass is 388 g/mol. The lowest BCUT2D eigenvalue weighted by atomic mass is 9.97. The van der Waals surface area contributed by atoms with Crippen molar-refractivity contribution in [3.63, 3.8) is 0 Å². The molecule has 146 valence electrons. The van der Waals surface area contributed by atoms with Crippen LogP contribution in [-0.4, -0.2) is 34.0 Å². The third-order valence-electron chi connectivity index (χ3n) is 4.97. The number of anilines is 1. The average molecular weight is 388 g/mol. The molecule has 5 nitrogen and oxygen atoms in total. The van der Waals surface area contributed by atoms with Crippen molar-refractivity contribution in [1.82, 2.24) is 14.9 Å². The van der Waals surface area contributed by atoms with Gasteiger partial charge in [-0.15, -0.1) is 0 Å². The van der Waals surface area contributed by atoms with Crippen LogP contribution in [0, 0.1) is 0 Å². The van der Waals surface area contributed by atoms with Crippen molar-refractivity contribution in [2.45, 2.75) is 24.9 Å². The van der Waals surface area contributed by atoms with Crippen LogP contribution in [-0.2, 0) is 6.18 Å². The lowest BCUT2D eigenvalue weighted by Crippen LogP contribution is -2.41. The molecule has 1 fully saturated rings. The molecule has 0 aliphatic carbocycles. The summed E-state index contributed by atoms with van der Waals surface area (Å²) in [4.78, 5) is 22.2. The van der Waals surface area contributed by atoms with Crippen LogP contribution < -0.4 is 5.32 Å². The van der Waals surface area contributed by atoms with E-state index in [0.29, 0.717) is 18.8 Å². The highest BCUT2D eigenvalue weighted by Gasteiger charge is 2.30. The van der Waals surface area contributed by atoms with E-state index < -0.39 is 11.7 Å². The number of para-hydroxylation sites is 2. The molecule has 28 heavy (non-hydrogen) atoms. The molecule has 1 saturated heterocycles. The number of fused-ring (bicyclic) bond motifs is 1. The summed E-state index contributed by atoms with van der Waals surface area (Å²) in [7, 11) is 0. The Morgan fingerprint density at radius 1 is 1.14 bits per heavy atom. The van der Waals surface area contributed by atoms with Crippen molar-refractivity contribution < 1.29 is 18.0 Å². The molecule has 1 aliphatic rings. The number of imidazole rings is 1. The number of nitrogens with one attached hydrogen (secondary N) is 2. The largest absolute Gasteiger partial charge is 0.416 e. The maximum absolute atomic E-state index is 12.6. The lowest BCUT2D eigenvalue weighted by Gasteiger charge is -2.31. The Kier molecular flexibility index (Phi) is 4.70. The van der Waals surface area contributed by atoms with Gasteiger partial charge in [-0.05, 0) is 49.2 Å². The molecule has 1 aliphatic heterocycles. The van der Waals surface area contributed by atoms with Gasteiger partial charge in [0, 0.05) is 24.7 Å². The average Bonchev–Trinajstić information content (AvgIpc) is 3.12. The number of likely N-dealkylation sites (tertiary alicyclic amines) is 1. The number of hydrogen-bond acceptors (Lipinski definition) is 2. The zero-order valence-electron chi connectivity index (χ0n) is 15.0. The fourth-order valence-electron chi connectivity index (χ4n) is 3.50. The van der Waals surface area contributed by atoms with Gasteiger partial charge in [0.15, 0.2) is 0 Å². The van der Waals surface area contributed by atoms with Crippen LogP contribution in [0.15, 0.2) is 48.5 Å². The molecule has 1 aromatic heterocycles. The number of nitrogens with zero attached hydrogens (tertiary/aromatic N) is 2. The third-order valence-corrected chi connectivity index (χ3v) is 4.97. The van der Waals surface area contributed by atoms with Gasteiger partial charge >= 0.3 is 12.2 Å². The second-order valence-corrected chi connectivity index (χ2v) is 6.93. The van der Waals surface area contributed by atoms with E-state index in [9.17, 15) is 18.0 Å². The number of urea groups is 1. The first-order valence-corrected chi connectivity index (χ1v) is 9.08. The van der Waals surface area contributed by atoms with E-state index in [1.807, 2.05) is 24.3 Å². The van der Waals surface area contributed by atoms with E-state index >= 15 is 0 Å². The van der Waals surface area contributed by atoms with E-state index in [0.717, 1.165) is 41.8 Å². The number of piperidine rings is 1. The maximum atomic E-state index is 12.6. The number of halogens is 3. The van der Waals surface area contributed by atoms with Crippen LogP contribution in [0.4, 0.5) is 23.7 Å². The highest BCUT2D eigenvalue weighted by Crippen LogP contribution is 2.30. The summed E-state index contributed by atoms with van der Waals surface area (Å²) in [5.74, 6) is 0.952. The smallest absolute Gasteiger partial charge is 0.342 e. The predicted molar refractivity (Wildman–Crippen MR) is 100 cm³/mol. The molecule has 0 bridgehead atoms. The molecule has 2 aromatic carbocycles. The first-order chi connectivity index (χ1) is 13.4. The van der Waals surface area contributed by atoms with Crippen LogP contribution in [0.25, 0.3) is 11.0 Å². The molecule has 0 radical (unpaired) electrons. The Labute approximate surface area is 159 Å². The van der Waals surface area contributed by atoms with Gasteiger partial charge in [0.1, 0.15) is 5.82 Å². The van der Waals surface area contributed by atoms with Crippen LogP contribution in [0.3, 0.4) is 0 Å². The van der Waals surface area contributed by atoms with Crippen molar-refractivity contribution in [3.05, 3.63) is 59.9 Å². The lowest BCUT2D eigenvalue weighted by molar-refractivity contribution is -0.137. The topological polar surface area (TPSA) is 61.0 Å². The summed E-state index contributed by atoms with van der Waals surface area (Å²) >= 11 is 0. The normalized spacial score (nSPS) is 17.7. The van der Waals surface area contributed by atoms with Gasteiger partial charge in [0.05, 0.1) is 16.6 Å². The highest BCUT2D eigenvalue weighted by molar-refractivity contribution is 5.89. The second kappa shape index (κ2) is 7.18. The van der Waals surface area contributed by atoms with Crippen LogP contribution in [0.2, 0.25) is 0 Å². The summed E-state index contributed by atoms with van der Waals surface area (Å²) in [6.45, 7) is 1.11. The number of hydrogen-bond donors (Lipinski definition) is 2. The molecule has 1 atom stereocenters. The Balaban J connectivity index is 1.43. The number of H-pyrrole nitrogens is 1. The summed E-state index contributed by atoms with van der Waals surface area (Å²) in [6.07, 6.45) is -2.64. The number of alkyl halides is 3. The standard InChI is InChI=1S/C20H19F3N4O/c21-20(22,23)14-7-9-15(10-8-14)24-19(28)27-11-3-4-13(12-27)18-25-16-5-1-2-6-17(16)26-18/h1-2,5-10,13H,3-4,11-12H2,(H,24,28)(H,25,26). The van der Waals surface area contributed by atoms with E-state index in [4.69, 9.17) is 0 Å². The van der Waals surface area contributed by atoms with Gasteiger partial charge in [0.25, 0.3) is 0 Å². The van der Waals surface area contributed by atoms with Crippen molar-refractivity contribution in [2.75, 3.05) is 18.4 Å². The zero-order chi connectivity index (χ0) is 19.7. The number of carbonyl (C=O) groups excluding carboxylic acids is 1. The van der Waals surface area contributed by atoms with E-state index in [1.165, 1.54) is 12.1 Å². The van der Waals surface area contributed by atoms with Crippen molar-refractivity contribution in [2.24, 2.45) is 0 Å². The van der Waals surface area contributed by atoms with Crippen molar-refractivity contribution >= 4 is 22.8 Å². The number of aromatic amines is 1. The predicted octanol–water partition coefficient (Wildman–Crippen LogP) is 4.99. The van der Waals surface area contributed by atoms with Crippen LogP contribution in [0.5, 0.6) is 0 Å². The number of benzene rings is 2. The molecule has 2 heterocycles.